The maximum absolute atomic E-state index is 12.2. The van der Waals surface area contributed by atoms with E-state index in [1.807, 2.05) is 36.1 Å². The van der Waals surface area contributed by atoms with Gasteiger partial charge in [0.15, 0.2) is 0 Å². The third-order valence-corrected chi connectivity index (χ3v) is 4.87. The number of carbonyl (C=O) groups excluding carboxylic acids is 1. The smallest absolute Gasteiger partial charge is 0.248 e. The molecule has 2 aliphatic rings. The van der Waals surface area contributed by atoms with Gasteiger partial charge in [0.05, 0.1) is 12.2 Å². The van der Waals surface area contributed by atoms with E-state index >= 15 is 0 Å². The standard InChI is InChI=1S/C18H24ClNO4/c1-2-22-12-17(21)20-9-3-8-18(13-20)10-16(11-23-18)24-15-6-4-14(19)5-7-15/h4-7,16H,2-3,8-13H2,1H3/t16-,18-/m1/s1. The number of rotatable bonds is 5. The summed E-state index contributed by atoms with van der Waals surface area (Å²) in [6, 6.07) is 7.37. The van der Waals surface area contributed by atoms with Crippen LogP contribution < -0.4 is 4.74 Å². The van der Waals surface area contributed by atoms with E-state index in [0.29, 0.717) is 24.8 Å². The zero-order valence-electron chi connectivity index (χ0n) is 14.0. The highest BCUT2D eigenvalue weighted by atomic mass is 35.5. The zero-order valence-corrected chi connectivity index (χ0v) is 14.8. The van der Waals surface area contributed by atoms with Crippen molar-refractivity contribution in [2.45, 2.75) is 37.9 Å². The van der Waals surface area contributed by atoms with E-state index in [1.54, 1.807) is 0 Å². The van der Waals surface area contributed by atoms with Gasteiger partial charge in [-0.15, -0.1) is 0 Å². The topological polar surface area (TPSA) is 48.0 Å². The molecule has 132 valence electrons. The molecule has 6 heteroatoms. The molecule has 2 heterocycles. The highest BCUT2D eigenvalue weighted by Gasteiger charge is 2.45. The number of piperidine rings is 1. The van der Waals surface area contributed by atoms with Gasteiger partial charge in [0.1, 0.15) is 18.5 Å². The monoisotopic (exact) mass is 353 g/mol. The van der Waals surface area contributed by atoms with Crippen LogP contribution >= 0.6 is 11.6 Å². The molecule has 0 N–H and O–H groups in total. The van der Waals surface area contributed by atoms with Crippen molar-refractivity contribution in [2.75, 3.05) is 32.9 Å². The van der Waals surface area contributed by atoms with Crippen molar-refractivity contribution in [1.29, 1.82) is 0 Å². The highest BCUT2D eigenvalue weighted by molar-refractivity contribution is 6.30. The number of ether oxygens (including phenoxy) is 3. The van der Waals surface area contributed by atoms with E-state index in [2.05, 4.69) is 0 Å². The van der Waals surface area contributed by atoms with Crippen LogP contribution in [0.4, 0.5) is 0 Å². The largest absolute Gasteiger partial charge is 0.488 e. The van der Waals surface area contributed by atoms with Gasteiger partial charge in [-0.25, -0.2) is 0 Å². The van der Waals surface area contributed by atoms with Crippen LogP contribution in [-0.4, -0.2) is 55.4 Å². The lowest BCUT2D eigenvalue weighted by atomic mass is 9.89. The lowest BCUT2D eigenvalue weighted by Crippen LogP contribution is -2.51. The molecule has 0 bridgehead atoms. The summed E-state index contributed by atoms with van der Waals surface area (Å²) in [4.78, 5) is 14.1. The van der Waals surface area contributed by atoms with Crippen LogP contribution in [0.2, 0.25) is 5.02 Å². The second kappa shape index (κ2) is 7.72. The first-order valence-electron chi connectivity index (χ1n) is 8.52. The lowest BCUT2D eigenvalue weighted by Gasteiger charge is -2.39. The fourth-order valence-electron chi connectivity index (χ4n) is 3.46. The van der Waals surface area contributed by atoms with E-state index < -0.39 is 0 Å². The Balaban J connectivity index is 1.56. The molecule has 2 saturated heterocycles. The molecule has 0 radical (unpaired) electrons. The molecule has 3 rings (SSSR count). The molecule has 1 amide bonds. The van der Waals surface area contributed by atoms with Crippen LogP contribution in [0.5, 0.6) is 5.75 Å². The van der Waals surface area contributed by atoms with Crippen LogP contribution in [0.15, 0.2) is 24.3 Å². The second-order valence-corrected chi connectivity index (χ2v) is 6.88. The molecule has 24 heavy (non-hydrogen) atoms. The molecule has 0 aliphatic carbocycles. The van der Waals surface area contributed by atoms with Gasteiger partial charge in [-0.05, 0) is 44.0 Å². The minimum atomic E-state index is -0.281. The first kappa shape index (κ1) is 17.5. The van der Waals surface area contributed by atoms with Crippen LogP contribution in [-0.2, 0) is 14.3 Å². The van der Waals surface area contributed by atoms with Crippen molar-refractivity contribution in [3.8, 4) is 5.75 Å². The number of benzene rings is 1. The van der Waals surface area contributed by atoms with Gasteiger partial charge in [0.25, 0.3) is 0 Å². The average Bonchev–Trinajstić information content (AvgIpc) is 2.96. The van der Waals surface area contributed by atoms with Crippen molar-refractivity contribution >= 4 is 17.5 Å². The van der Waals surface area contributed by atoms with Crippen molar-refractivity contribution in [2.24, 2.45) is 0 Å². The average molecular weight is 354 g/mol. The molecular formula is C18H24ClNO4. The van der Waals surface area contributed by atoms with Crippen LogP contribution in [0.25, 0.3) is 0 Å². The molecule has 1 aromatic rings. The van der Waals surface area contributed by atoms with Gasteiger partial charge in [-0.3, -0.25) is 4.79 Å². The second-order valence-electron chi connectivity index (χ2n) is 6.45. The van der Waals surface area contributed by atoms with Crippen LogP contribution in [0.1, 0.15) is 26.2 Å². The van der Waals surface area contributed by atoms with E-state index in [-0.39, 0.29) is 24.2 Å². The van der Waals surface area contributed by atoms with E-state index in [4.69, 9.17) is 25.8 Å². The van der Waals surface area contributed by atoms with Crippen LogP contribution in [0, 0.1) is 0 Å². The summed E-state index contributed by atoms with van der Waals surface area (Å²) in [5.74, 6) is 0.840. The molecule has 0 unspecified atom stereocenters. The summed E-state index contributed by atoms with van der Waals surface area (Å²) >= 11 is 5.90. The minimum Gasteiger partial charge on any atom is -0.488 e. The van der Waals surface area contributed by atoms with Gasteiger partial charge in [0.2, 0.25) is 5.91 Å². The van der Waals surface area contributed by atoms with Crippen molar-refractivity contribution in [1.82, 2.24) is 4.90 Å². The van der Waals surface area contributed by atoms with Crippen LogP contribution in [0.3, 0.4) is 0 Å². The third-order valence-electron chi connectivity index (χ3n) is 4.61. The highest BCUT2D eigenvalue weighted by Crippen LogP contribution is 2.36. The maximum atomic E-state index is 12.2. The molecule has 2 aliphatic heterocycles. The molecule has 0 saturated carbocycles. The Morgan fingerprint density at radius 1 is 1.42 bits per heavy atom. The quantitative estimate of drug-likeness (QED) is 0.816. The van der Waals surface area contributed by atoms with E-state index in [9.17, 15) is 4.79 Å². The van der Waals surface area contributed by atoms with Gasteiger partial charge >= 0.3 is 0 Å². The Morgan fingerprint density at radius 2 is 2.21 bits per heavy atom. The Bertz CT molecular complexity index is 565. The molecule has 0 aromatic heterocycles. The summed E-state index contributed by atoms with van der Waals surface area (Å²) in [6.45, 7) is 4.55. The summed E-state index contributed by atoms with van der Waals surface area (Å²) in [5.41, 5.74) is -0.281. The number of amides is 1. The zero-order chi connectivity index (χ0) is 17.0. The number of halogens is 1. The SMILES string of the molecule is CCOCC(=O)N1CCC[C@@]2(C[C@@H](Oc3ccc(Cl)cc3)CO2)C1. The van der Waals surface area contributed by atoms with E-state index in [0.717, 1.165) is 31.6 Å². The third kappa shape index (κ3) is 4.21. The number of hydrogen-bond acceptors (Lipinski definition) is 4. The Kier molecular flexibility index (Phi) is 5.64. The minimum absolute atomic E-state index is 0.00752. The molecule has 2 fully saturated rings. The first-order valence-corrected chi connectivity index (χ1v) is 8.90. The number of carbonyl (C=O) groups is 1. The number of nitrogens with zero attached hydrogens (tertiary/aromatic N) is 1. The van der Waals surface area contributed by atoms with Crippen molar-refractivity contribution in [3.05, 3.63) is 29.3 Å². The molecule has 5 nitrogen and oxygen atoms in total. The normalized spacial score (nSPS) is 26.8. The predicted octanol–water partition coefficient (Wildman–Crippen LogP) is 2.91. The van der Waals surface area contributed by atoms with Gasteiger partial charge in [-0.2, -0.15) is 0 Å². The summed E-state index contributed by atoms with van der Waals surface area (Å²) in [5, 5.41) is 0.692. The summed E-state index contributed by atoms with van der Waals surface area (Å²) in [6.07, 6.45) is 2.72. The van der Waals surface area contributed by atoms with Gasteiger partial charge in [-0.1, -0.05) is 11.6 Å². The molecule has 1 spiro atoms. The number of likely N-dealkylation sites (tertiary alicyclic amines) is 1. The Labute approximate surface area is 147 Å². The molecule has 1 aromatic carbocycles. The predicted molar refractivity (Wildman–Crippen MR) is 91.5 cm³/mol. The number of hydrogen-bond donors (Lipinski definition) is 0. The maximum Gasteiger partial charge on any atom is 0.248 e. The van der Waals surface area contributed by atoms with Gasteiger partial charge in [0, 0.05) is 31.1 Å². The fourth-order valence-corrected chi connectivity index (χ4v) is 3.59. The first-order chi connectivity index (χ1) is 11.6. The molecule has 2 atom stereocenters. The molecular weight excluding hydrogens is 330 g/mol. The Morgan fingerprint density at radius 3 is 2.96 bits per heavy atom. The summed E-state index contributed by atoms with van der Waals surface area (Å²) in [7, 11) is 0. The van der Waals surface area contributed by atoms with Crippen molar-refractivity contribution < 1.29 is 19.0 Å². The van der Waals surface area contributed by atoms with E-state index in [1.165, 1.54) is 0 Å². The summed E-state index contributed by atoms with van der Waals surface area (Å²) < 4.78 is 17.3. The van der Waals surface area contributed by atoms with Crippen molar-refractivity contribution in [3.63, 3.8) is 0 Å². The van der Waals surface area contributed by atoms with Gasteiger partial charge < -0.3 is 19.1 Å². The Hall–Kier alpha value is -1.30. The lowest BCUT2D eigenvalue weighted by molar-refractivity contribution is -0.143. The fraction of sp³-hybridized carbons (Fsp3) is 0.611.